The molecule has 3 nitrogen and oxygen atoms in total. The van der Waals surface area contributed by atoms with Crippen molar-refractivity contribution in [1.82, 2.24) is 9.97 Å². The van der Waals surface area contributed by atoms with E-state index < -0.39 is 0 Å². The Morgan fingerprint density at radius 2 is 1.85 bits per heavy atom. The monoisotopic (exact) mass is 182 g/mol. The summed E-state index contributed by atoms with van der Waals surface area (Å²) in [5, 5.41) is 0. The van der Waals surface area contributed by atoms with Gasteiger partial charge in [0.1, 0.15) is 6.61 Å². The van der Waals surface area contributed by atoms with Gasteiger partial charge in [0.2, 0.25) is 0 Å². The van der Waals surface area contributed by atoms with Crippen molar-refractivity contribution in [3.8, 4) is 0 Å². The zero-order valence-corrected chi connectivity index (χ0v) is 8.66. The number of hydrogen-bond acceptors (Lipinski definition) is 3. The molecular formula is C10H18N2O. The SMILES string of the molecule is CC.CCCOCc1ncccn1. The number of aromatic nitrogens is 2. The Kier molecular flexibility index (Phi) is 8.46. The molecule has 0 saturated heterocycles. The highest BCUT2D eigenvalue weighted by atomic mass is 16.5. The van der Waals surface area contributed by atoms with E-state index in [9.17, 15) is 0 Å². The number of hydrogen-bond donors (Lipinski definition) is 0. The van der Waals surface area contributed by atoms with E-state index in [1.54, 1.807) is 18.5 Å². The second kappa shape index (κ2) is 9.13. The molecule has 0 spiro atoms. The van der Waals surface area contributed by atoms with Gasteiger partial charge in [0.25, 0.3) is 0 Å². The van der Waals surface area contributed by atoms with E-state index in [1.165, 1.54) is 0 Å². The van der Waals surface area contributed by atoms with Crippen molar-refractivity contribution < 1.29 is 4.74 Å². The van der Waals surface area contributed by atoms with Gasteiger partial charge in [-0.15, -0.1) is 0 Å². The summed E-state index contributed by atoms with van der Waals surface area (Å²) in [6.45, 7) is 7.37. The first-order chi connectivity index (χ1) is 6.43. The number of ether oxygens (including phenoxy) is 1. The molecule has 1 rings (SSSR count). The lowest BCUT2D eigenvalue weighted by Gasteiger charge is -1.98. The van der Waals surface area contributed by atoms with E-state index in [0.717, 1.165) is 18.9 Å². The summed E-state index contributed by atoms with van der Waals surface area (Å²) in [6, 6.07) is 1.79. The third kappa shape index (κ3) is 6.22. The van der Waals surface area contributed by atoms with Gasteiger partial charge in [-0.1, -0.05) is 20.8 Å². The number of rotatable bonds is 4. The minimum absolute atomic E-state index is 0.522. The van der Waals surface area contributed by atoms with Crippen LogP contribution in [0.25, 0.3) is 0 Å². The van der Waals surface area contributed by atoms with Gasteiger partial charge in [0.15, 0.2) is 5.82 Å². The predicted octanol–water partition coefficient (Wildman–Crippen LogP) is 2.43. The fraction of sp³-hybridized carbons (Fsp3) is 0.600. The maximum Gasteiger partial charge on any atom is 0.153 e. The lowest BCUT2D eigenvalue weighted by Crippen LogP contribution is -1.98. The van der Waals surface area contributed by atoms with Crippen molar-refractivity contribution in [3.05, 3.63) is 24.3 Å². The van der Waals surface area contributed by atoms with E-state index in [-0.39, 0.29) is 0 Å². The Morgan fingerprint density at radius 3 is 2.38 bits per heavy atom. The van der Waals surface area contributed by atoms with Crippen LogP contribution in [-0.2, 0) is 11.3 Å². The minimum atomic E-state index is 0.522. The van der Waals surface area contributed by atoms with Crippen LogP contribution in [-0.4, -0.2) is 16.6 Å². The van der Waals surface area contributed by atoms with Gasteiger partial charge in [-0.05, 0) is 12.5 Å². The molecule has 1 aromatic heterocycles. The van der Waals surface area contributed by atoms with Gasteiger partial charge >= 0.3 is 0 Å². The van der Waals surface area contributed by atoms with E-state index in [4.69, 9.17) is 4.74 Å². The summed E-state index contributed by atoms with van der Waals surface area (Å²) in [5.41, 5.74) is 0. The molecule has 74 valence electrons. The highest BCUT2D eigenvalue weighted by Crippen LogP contribution is 1.91. The first-order valence-electron chi connectivity index (χ1n) is 4.77. The van der Waals surface area contributed by atoms with Crippen molar-refractivity contribution in [3.63, 3.8) is 0 Å². The molecule has 0 amide bonds. The number of nitrogens with zero attached hydrogens (tertiary/aromatic N) is 2. The molecule has 3 heteroatoms. The third-order valence-corrected chi connectivity index (χ3v) is 1.20. The maximum atomic E-state index is 5.24. The maximum absolute atomic E-state index is 5.24. The molecular weight excluding hydrogens is 164 g/mol. The fourth-order valence-corrected chi connectivity index (χ4v) is 0.712. The van der Waals surface area contributed by atoms with Crippen molar-refractivity contribution in [2.45, 2.75) is 33.8 Å². The molecule has 0 radical (unpaired) electrons. The van der Waals surface area contributed by atoms with Crippen LogP contribution in [0.4, 0.5) is 0 Å². The van der Waals surface area contributed by atoms with Gasteiger partial charge in [-0.3, -0.25) is 0 Å². The van der Waals surface area contributed by atoms with Crippen LogP contribution in [0.5, 0.6) is 0 Å². The van der Waals surface area contributed by atoms with Gasteiger partial charge in [-0.2, -0.15) is 0 Å². The smallest absolute Gasteiger partial charge is 0.153 e. The Labute approximate surface area is 80.2 Å². The molecule has 0 aliphatic heterocycles. The Balaban J connectivity index is 0.000000671. The molecule has 0 atom stereocenters. The highest BCUT2D eigenvalue weighted by molar-refractivity contribution is 4.86. The van der Waals surface area contributed by atoms with Crippen LogP contribution in [0.3, 0.4) is 0 Å². The molecule has 0 aromatic carbocycles. The van der Waals surface area contributed by atoms with E-state index >= 15 is 0 Å². The molecule has 1 aromatic rings. The summed E-state index contributed by atoms with van der Waals surface area (Å²) in [4.78, 5) is 8.03. The molecule has 0 fully saturated rings. The van der Waals surface area contributed by atoms with E-state index in [0.29, 0.717) is 6.61 Å². The molecule has 0 N–H and O–H groups in total. The lowest BCUT2D eigenvalue weighted by molar-refractivity contribution is 0.116. The molecule has 0 aliphatic rings. The highest BCUT2D eigenvalue weighted by Gasteiger charge is 1.91. The lowest BCUT2D eigenvalue weighted by atomic mass is 10.5. The zero-order valence-electron chi connectivity index (χ0n) is 8.66. The quantitative estimate of drug-likeness (QED) is 0.671. The molecule has 13 heavy (non-hydrogen) atoms. The average molecular weight is 182 g/mol. The van der Waals surface area contributed by atoms with Crippen LogP contribution < -0.4 is 0 Å². The topological polar surface area (TPSA) is 35.0 Å². The molecule has 0 aliphatic carbocycles. The standard InChI is InChI=1S/C8H12N2O.C2H6/c1-2-6-11-7-8-9-4-3-5-10-8;1-2/h3-5H,2,6-7H2,1H3;1-2H3. The first kappa shape index (κ1) is 12.0. The molecule has 0 saturated carbocycles. The van der Waals surface area contributed by atoms with Gasteiger partial charge < -0.3 is 4.74 Å². The van der Waals surface area contributed by atoms with Crippen LogP contribution in [0.2, 0.25) is 0 Å². The van der Waals surface area contributed by atoms with E-state index in [2.05, 4.69) is 16.9 Å². The van der Waals surface area contributed by atoms with Gasteiger partial charge in [0.05, 0.1) is 0 Å². The van der Waals surface area contributed by atoms with Crippen LogP contribution >= 0.6 is 0 Å². The second-order valence-corrected chi connectivity index (χ2v) is 2.22. The van der Waals surface area contributed by atoms with Crippen molar-refractivity contribution in [2.24, 2.45) is 0 Å². The predicted molar refractivity (Wildman–Crippen MR) is 53.3 cm³/mol. The fourth-order valence-electron chi connectivity index (χ4n) is 0.712. The second-order valence-electron chi connectivity index (χ2n) is 2.22. The van der Waals surface area contributed by atoms with Gasteiger partial charge in [0, 0.05) is 19.0 Å². The van der Waals surface area contributed by atoms with Crippen molar-refractivity contribution in [2.75, 3.05) is 6.61 Å². The summed E-state index contributed by atoms with van der Waals surface area (Å²) in [6.07, 6.45) is 4.47. The van der Waals surface area contributed by atoms with E-state index in [1.807, 2.05) is 13.8 Å². The van der Waals surface area contributed by atoms with Crippen LogP contribution in [0.1, 0.15) is 33.0 Å². The van der Waals surface area contributed by atoms with Crippen LogP contribution in [0, 0.1) is 0 Å². The Bertz CT molecular complexity index is 189. The normalized spacial score (nSPS) is 8.85. The molecule has 0 unspecified atom stereocenters. The van der Waals surface area contributed by atoms with Crippen LogP contribution in [0.15, 0.2) is 18.5 Å². The summed E-state index contributed by atoms with van der Waals surface area (Å²) in [5.74, 6) is 0.751. The van der Waals surface area contributed by atoms with Crippen molar-refractivity contribution >= 4 is 0 Å². The van der Waals surface area contributed by atoms with Crippen molar-refractivity contribution in [1.29, 1.82) is 0 Å². The first-order valence-corrected chi connectivity index (χ1v) is 4.77. The zero-order chi connectivity index (χ0) is 9.94. The summed E-state index contributed by atoms with van der Waals surface area (Å²) in [7, 11) is 0. The summed E-state index contributed by atoms with van der Waals surface area (Å²) < 4.78 is 5.24. The molecule has 0 bridgehead atoms. The minimum Gasteiger partial charge on any atom is -0.373 e. The average Bonchev–Trinajstić information content (AvgIpc) is 2.23. The Morgan fingerprint density at radius 1 is 1.23 bits per heavy atom. The largest absolute Gasteiger partial charge is 0.373 e. The molecule has 1 heterocycles. The van der Waals surface area contributed by atoms with Gasteiger partial charge in [-0.25, -0.2) is 9.97 Å². The summed E-state index contributed by atoms with van der Waals surface area (Å²) >= 11 is 0. The third-order valence-electron chi connectivity index (χ3n) is 1.20. The Hall–Kier alpha value is -0.960.